The van der Waals surface area contributed by atoms with Gasteiger partial charge in [-0.15, -0.1) is 0 Å². The minimum atomic E-state index is -2.66. The average Bonchev–Trinajstić information content (AvgIpc) is 3.01. The summed E-state index contributed by atoms with van der Waals surface area (Å²) in [6, 6.07) is 6.81. The number of rotatable bonds is 4. The highest BCUT2D eigenvalue weighted by atomic mass is 32.2. The van der Waals surface area contributed by atoms with Crippen molar-refractivity contribution in [1.29, 1.82) is 0 Å². The smallest absolute Gasteiger partial charge is 0.321 e. The number of benzene rings is 1. The highest BCUT2D eigenvalue weighted by Crippen LogP contribution is 2.37. The third-order valence-corrected chi connectivity index (χ3v) is 3.99. The molecule has 3 aromatic rings. The van der Waals surface area contributed by atoms with Crippen molar-refractivity contribution < 1.29 is 13.3 Å². The number of thioether (sulfide) groups is 1. The van der Waals surface area contributed by atoms with Crippen LogP contribution in [0.4, 0.5) is 8.78 Å². The van der Waals surface area contributed by atoms with E-state index in [4.69, 9.17) is 4.52 Å². The Labute approximate surface area is 123 Å². The van der Waals surface area contributed by atoms with Crippen LogP contribution in [0.15, 0.2) is 33.9 Å². The molecule has 8 heteroatoms. The number of halogens is 2. The van der Waals surface area contributed by atoms with Crippen molar-refractivity contribution in [2.75, 3.05) is 0 Å². The molecule has 0 N–H and O–H groups in total. The fourth-order valence-electron chi connectivity index (χ4n) is 1.98. The molecule has 5 nitrogen and oxygen atoms in total. The lowest BCUT2D eigenvalue weighted by Gasteiger charge is -2.09. The second-order valence-electron chi connectivity index (χ2n) is 4.47. The lowest BCUT2D eigenvalue weighted by atomic mass is 10.3. The highest BCUT2D eigenvalue weighted by Gasteiger charge is 2.22. The van der Waals surface area contributed by atoms with Crippen molar-refractivity contribution in [2.24, 2.45) is 0 Å². The standard InChI is InChI=1S/C13H12F2N4OS/c1-7(11-16-8(2)18-20-11)21-13-17-9-5-3-4-6-10(9)19(13)12(14)15/h3-7,12H,1-2H3. The maximum Gasteiger partial charge on any atom is 0.321 e. The van der Waals surface area contributed by atoms with Crippen LogP contribution in [-0.4, -0.2) is 19.7 Å². The van der Waals surface area contributed by atoms with Crippen LogP contribution in [0.1, 0.15) is 30.4 Å². The first-order valence-corrected chi connectivity index (χ1v) is 7.16. The van der Waals surface area contributed by atoms with Gasteiger partial charge in [0.2, 0.25) is 5.89 Å². The Bertz CT molecular complexity index is 770. The second-order valence-corrected chi connectivity index (χ2v) is 5.78. The predicted molar refractivity (Wildman–Crippen MR) is 74.3 cm³/mol. The summed E-state index contributed by atoms with van der Waals surface area (Å²) in [6.07, 6.45) is 0. The molecule has 2 heterocycles. The Morgan fingerprint density at radius 1 is 1.24 bits per heavy atom. The van der Waals surface area contributed by atoms with Crippen molar-refractivity contribution >= 4 is 22.8 Å². The van der Waals surface area contributed by atoms with Gasteiger partial charge in [-0.2, -0.15) is 13.8 Å². The molecule has 0 amide bonds. The third kappa shape index (κ3) is 2.63. The molecule has 0 fully saturated rings. The summed E-state index contributed by atoms with van der Waals surface area (Å²) in [5.41, 5.74) is 0.943. The van der Waals surface area contributed by atoms with Gasteiger partial charge in [0, 0.05) is 0 Å². The number of imidazole rings is 1. The summed E-state index contributed by atoms with van der Waals surface area (Å²) in [4.78, 5) is 8.37. The van der Waals surface area contributed by atoms with Crippen LogP contribution in [0.2, 0.25) is 0 Å². The summed E-state index contributed by atoms with van der Waals surface area (Å²) in [6.45, 7) is 0.863. The number of hydrogen-bond donors (Lipinski definition) is 0. The molecule has 0 radical (unpaired) electrons. The van der Waals surface area contributed by atoms with Gasteiger partial charge in [-0.05, 0) is 26.0 Å². The van der Waals surface area contributed by atoms with Crippen molar-refractivity contribution in [3.8, 4) is 0 Å². The van der Waals surface area contributed by atoms with Gasteiger partial charge in [-0.1, -0.05) is 29.1 Å². The van der Waals surface area contributed by atoms with Gasteiger partial charge in [0.1, 0.15) is 0 Å². The van der Waals surface area contributed by atoms with E-state index in [-0.39, 0.29) is 10.4 Å². The van der Waals surface area contributed by atoms with E-state index in [1.54, 1.807) is 31.2 Å². The highest BCUT2D eigenvalue weighted by molar-refractivity contribution is 7.99. The number of alkyl halides is 2. The average molecular weight is 310 g/mol. The molecule has 1 unspecified atom stereocenters. The zero-order valence-electron chi connectivity index (χ0n) is 11.3. The number of aryl methyl sites for hydroxylation is 1. The second kappa shape index (κ2) is 5.44. The topological polar surface area (TPSA) is 56.7 Å². The van der Waals surface area contributed by atoms with Gasteiger partial charge in [-0.3, -0.25) is 4.57 Å². The van der Waals surface area contributed by atoms with Crippen LogP contribution in [0.25, 0.3) is 11.0 Å². The number of fused-ring (bicyclic) bond motifs is 1. The quantitative estimate of drug-likeness (QED) is 0.682. The molecular weight excluding hydrogens is 298 g/mol. The number of para-hydroxylation sites is 2. The fraction of sp³-hybridized carbons (Fsp3) is 0.308. The SMILES string of the molecule is Cc1noc(C(C)Sc2nc3ccccc3n2C(F)F)n1. The largest absolute Gasteiger partial charge is 0.338 e. The van der Waals surface area contributed by atoms with Crippen LogP contribution in [0.3, 0.4) is 0 Å². The molecule has 1 atom stereocenters. The van der Waals surface area contributed by atoms with Gasteiger partial charge in [0.05, 0.1) is 16.3 Å². The zero-order chi connectivity index (χ0) is 15.0. The van der Waals surface area contributed by atoms with Crippen molar-refractivity contribution in [1.82, 2.24) is 19.7 Å². The van der Waals surface area contributed by atoms with E-state index in [9.17, 15) is 8.78 Å². The molecule has 1 aromatic carbocycles. The van der Waals surface area contributed by atoms with E-state index < -0.39 is 6.55 Å². The number of nitrogens with zero attached hydrogens (tertiary/aromatic N) is 4. The summed E-state index contributed by atoms with van der Waals surface area (Å²) in [7, 11) is 0. The Kier molecular flexibility index (Phi) is 3.62. The molecule has 0 aliphatic heterocycles. The van der Waals surface area contributed by atoms with E-state index in [0.717, 1.165) is 4.57 Å². The predicted octanol–water partition coefficient (Wildman–Crippen LogP) is 3.98. The van der Waals surface area contributed by atoms with E-state index >= 15 is 0 Å². The Morgan fingerprint density at radius 3 is 2.67 bits per heavy atom. The first-order chi connectivity index (χ1) is 10.1. The van der Waals surface area contributed by atoms with Crippen molar-refractivity contribution in [3.05, 3.63) is 36.0 Å². The lowest BCUT2D eigenvalue weighted by molar-refractivity contribution is 0.0656. The minimum absolute atomic E-state index is 0.231. The summed E-state index contributed by atoms with van der Waals surface area (Å²) >= 11 is 1.17. The number of hydrogen-bond acceptors (Lipinski definition) is 5. The van der Waals surface area contributed by atoms with Crippen molar-refractivity contribution in [3.63, 3.8) is 0 Å². The summed E-state index contributed by atoms with van der Waals surface area (Å²) < 4.78 is 32.6. The zero-order valence-corrected chi connectivity index (χ0v) is 12.1. The van der Waals surface area contributed by atoms with Crippen LogP contribution < -0.4 is 0 Å². The molecule has 21 heavy (non-hydrogen) atoms. The van der Waals surface area contributed by atoms with Gasteiger partial charge in [0.25, 0.3) is 0 Å². The fourth-order valence-corrected chi connectivity index (χ4v) is 2.94. The molecule has 0 saturated carbocycles. The first kappa shape index (κ1) is 14.0. The Hall–Kier alpha value is -1.96. The molecule has 110 valence electrons. The van der Waals surface area contributed by atoms with E-state index in [1.165, 1.54) is 11.8 Å². The first-order valence-electron chi connectivity index (χ1n) is 6.28. The van der Waals surface area contributed by atoms with Crippen LogP contribution in [0, 0.1) is 6.92 Å². The molecule has 0 spiro atoms. The maximum atomic E-state index is 13.3. The lowest BCUT2D eigenvalue weighted by Crippen LogP contribution is -2.01. The van der Waals surface area contributed by atoms with Crippen molar-refractivity contribution in [2.45, 2.75) is 30.8 Å². The van der Waals surface area contributed by atoms with E-state index in [1.807, 2.05) is 6.92 Å². The van der Waals surface area contributed by atoms with Gasteiger partial charge < -0.3 is 4.52 Å². The number of aromatic nitrogens is 4. The van der Waals surface area contributed by atoms with Gasteiger partial charge in [-0.25, -0.2) is 4.98 Å². The molecule has 0 bridgehead atoms. The molecular formula is C13H12F2N4OS. The summed E-state index contributed by atoms with van der Waals surface area (Å²) in [5, 5.41) is 3.67. The normalized spacial score (nSPS) is 13.2. The molecule has 0 aliphatic carbocycles. The molecule has 3 rings (SSSR count). The molecule has 0 saturated heterocycles. The summed E-state index contributed by atoms with van der Waals surface area (Å²) in [5.74, 6) is 0.908. The third-order valence-electron chi connectivity index (χ3n) is 2.93. The molecule has 0 aliphatic rings. The van der Waals surface area contributed by atoms with Gasteiger partial charge >= 0.3 is 6.55 Å². The maximum absolute atomic E-state index is 13.3. The monoisotopic (exact) mass is 310 g/mol. The van der Waals surface area contributed by atoms with E-state index in [2.05, 4.69) is 15.1 Å². The molecule has 2 aromatic heterocycles. The van der Waals surface area contributed by atoms with Crippen LogP contribution >= 0.6 is 11.8 Å². The Morgan fingerprint density at radius 2 is 2.00 bits per heavy atom. The van der Waals surface area contributed by atoms with Gasteiger partial charge in [0.15, 0.2) is 11.0 Å². The minimum Gasteiger partial charge on any atom is -0.338 e. The van der Waals surface area contributed by atoms with Crippen LogP contribution in [0.5, 0.6) is 0 Å². The van der Waals surface area contributed by atoms with Crippen LogP contribution in [-0.2, 0) is 0 Å². The van der Waals surface area contributed by atoms with E-state index in [0.29, 0.717) is 22.7 Å². The Balaban J connectivity index is 1.98.